The summed E-state index contributed by atoms with van der Waals surface area (Å²) in [5, 5.41) is 0. The van der Waals surface area contributed by atoms with E-state index in [-0.39, 0.29) is 11.3 Å². The molecule has 29 heavy (non-hydrogen) atoms. The minimum absolute atomic E-state index is 0.109. The molecule has 0 unspecified atom stereocenters. The lowest BCUT2D eigenvalue weighted by atomic mass is 9.80. The predicted octanol–water partition coefficient (Wildman–Crippen LogP) is 3.00. The van der Waals surface area contributed by atoms with Gasteiger partial charge in [0.15, 0.2) is 0 Å². The molecule has 5 rings (SSSR count). The quantitative estimate of drug-likeness (QED) is 0.723. The number of nitrogens with zero attached hydrogens (tertiary/aromatic N) is 4. The number of likely N-dealkylation sites (tertiary alicyclic amines) is 1. The van der Waals surface area contributed by atoms with Gasteiger partial charge in [-0.05, 0) is 37.3 Å². The Labute approximate surface area is 175 Å². The zero-order valence-corrected chi connectivity index (χ0v) is 17.6. The van der Waals surface area contributed by atoms with Crippen LogP contribution in [0.15, 0.2) is 35.4 Å². The van der Waals surface area contributed by atoms with E-state index in [2.05, 4.69) is 40.4 Å². The number of fused-ring (bicyclic) bond motifs is 2. The van der Waals surface area contributed by atoms with Crippen molar-refractivity contribution in [2.24, 2.45) is 0 Å². The van der Waals surface area contributed by atoms with E-state index in [1.807, 2.05) is 6.20 Å². The van der Waals surface area contributed by atoms with Gasteiger partial charge in [0.05, 0.1) is 24.3 Å². The normalized spacial score (nSPS) is 24.4. The molecule has 1 atom stereocenters. The number of carbonyl (C=O) groups is 1. The molecule has 0 aliphatic carbocycles. The Kier molecular flexibility index (Phi) is 5.05. The topological polar surface area (TPSA) is 58.6 Å². The average Bonchev–Trinajstić information content (AvgIpc) is 3.35. The molecule has 152 valence electrons. The fourth-order valence-corrected chi connectivity index (χ4v) is 5.46. The Hall–Kier alpha value is -1.96. The summed E-state index contributed by atoms with van der Waals surface area (Å²) in [6.07, 6.45) is 6.50. The van der Waals surface area contributed by atoms with Gasteiger partial charge in [0.25, 0.3) is 0 Å². The van der Waals surface area contributed by atoms with Crippen LogP contribution in [0.3, 0.4) is 0 Å². The number of aromatic nitrogens is 2. The number of ether oxygens (including phenoxy) is 1. The first-order valence-corrected chi connectivity index (χ1v) is 11.5. The van der Waals surface area contributed by atoms with Crippen molar-refractivity contribution in [3.05, 3.63) is 47.3 Å². The van der Waals surface area contributed by atoms with Crippen LogP contribution in [0, 0.1) is 0 Å². The molecule has 3 aliphatic rings. The van der Waals surface area contributed by atoms with Crippen LogP contribution in [0.25, 0.3) is 0 Å². The number of rotatable bonds is 4. The van der Waals surface area contributed by atoms with Crippen molar-refractivity contribution in [3.63, 3.8) is 0 Å². The zero-order valence-electron chi connectivity index (χ0n) is 16.8. The second-order valence-corrected chi connectivity index (χ2v) is 9.09. The van der Waals surface area contributed by atoms with E-state index in [1.54, 1.807) is 16.7 Å². The summed E-state index contributed by atoms with van der Waals surface area (Å²) >= 11 is 1.80. The molecule has 4 heterocycles. The summed E-state index contributed by atoms with van der Waals surface area (Å²) in [4.78, 5) is 27.2. The number of anilines is 1. The Morgan fingerprint density at radius 2 is 2.17 bits per heavy atom. The van der Waals surface area contributed by atoms with E-state index < -0.39 is 0 Å². The Morgan fingerprint density at radius 3 is 3.00 bits per heavy atom. The fraction of sp³-hybridized carbons (Fsp3) is 0.500. The van der Waals surface area contributed by atoms with Gasteiger partial charge in [-0.25, -0.2) is 9.97 Å². The van der Waals surface area contributed by atoms with Crippen LogP contribution >= 0.6 is 11.8 Å². The third-order valence-electron chi connectivity index (χ3n) is 6.32. The minimum atomic E-state index is -0.109. The third-order valence-corrected chi connectivity index (χ3v) is 7.16. The van der Waals surface area contributed by atoms with E-state index >= 15 is 0 Å². The molecule has 0 saturated carbocycles. The van der Waals surface area contributed by atoms with Crippen LogP contribution in [-0.2, 0) is 28.1 Å². The maximum absolute atomic E-state index is 12.2. The van der Waals surface area contributed by atoms with E-state index in [0.29, 0.717) is 25.6 Å². The minimum Gasteiger partial charge on any atom is -0.376 e. The van der Waals surface area contributed by atoms with Crippen LogP contribution in [-0.4, -0.2) is 53.3 Å². The smallest absolute Gasteiger partial charge is 0.232 e. The maximum atomic E-state index is 12.2. The van der Waals surface area contributed by atoms with Crippen LogP contribution in [0.2, 0.25) is 0 Å². The lowest BCUT2D eigenvalue weighted by Crippen LogP contribution is -2.41. The molecular formula is C22H26N4O2S. The van der Waals surface area contributed by atoms with Gasteiger partial charge in [0.1, 0.15) is 0 Å². The fourth-order valence-electron chi connectivity index (χ4n) is 4.86. The van der Waals surface area contributed by atoms with E-state index in [1.165, 1.54) is 10.5 Å². The van der Waals surface area contributed by atoms with Crippen molar-refractivity contribution in [1.82, 2.24) is 14.9 Å². The van der Waals surface area contributed by atoms with Crippen molar-refractivity contribution in [3.8, 4) is 0 Å². The van der Waals surface area contributed by atoms with Gasteiger partial charge in [-0.1, -0.05) is 18.2 Å². The zero-order chi connectivity index (χ0) is 19.8. The molecule has 2 aromatic rings. The lowest BCUT2D eigenvalue weighted by molar-refractivity contribution is -0.117. The molecule has 7 heteroatoms. The highest BCUT2D eigenvalue weighted by molar-refractivity contribution is 7.98. The first-order valence-electron chi connectivity index (χ1n) is 10.3. The van der Waals surface area contributed by atoms with Gasteiger partial charge >= 0.3 is 0 Å². The van der Waals surface area contributed by atoms with Gasteiger partial charge in [-0.15, -0.1) is 11.8 Å². The second-order valence-electron chi connectivity index (χ2n) is 8.24. The summed E-state index contributed by atoms with van der Waals surface area (Å²) in [6, 6.07) is 8.63. The van der Waals surface area contributed by atoms with Crippen LogP contribution in [0.5, 0.6) is 0 Å². The van der Waals surface area contributed by atoms with Crippen LogP contribution < -0.4 is 4.90 Å². The predicted molar refractivity (Wildman–Crippen MR) is 113 cm³/mol. The van der Waals surface area contributed by atoms with Crippen molar-refractivity contribution >= 4 is 23.6 Å². The number of carbonyl (C=O) groups excluding carboxylic acids is 1. The number of hydrogen-bond donors (Lipinski definition) is 0. The molecule has 2 saturated heterocycles. The Balaban J connectivity index is 1.41. The largest absolute Gasteiger partial charge is 0.376 e. The second kappa shape index (κ2) is 7.70. The van der Waals surface area contributed by atoms with Crippen molar-refractivity contribution in [1.29, 1.82) is 0 Å². The number of benzene rings is 1. The molecule has 1 spiro atoms. The molecule has 0 bridgehead atoms. The van der Waals surface area contributed by atoms with E-state index in [4.69, 9.17) is 9.72 Å². The Morgan fingerprint density at radius 1 is 1.28 bits per heavy atom. The summed E-state index contributed by atoms with van der Waals surface area (Å²) in [6.45, 7) is 4.85. The highest BCUT2D eigenvalue weighted by Crippen LogP contribution is 2.40. The first kappa shape index (κ1) is 19.0. The summed E-state index contributed by atoms with van der Waals surface area (Å²) in [5.74, 6) is 0.700. The first-order chi connectivity index (χ1) is 14.2. The van der Waals surface area contributed by atoms with Crippen LogP contribution in [0.1, 0.15) is 36.1 Å². The highest BCUT2D eigenvalue weighted by Gasteiger charge is 2.45. The van der Waals surface area contributed by atoms with Crippen molar-refractivity contribution in [2.75, 3.05) is 37.4 Å². The molecule has 0 N–H and O–H groups in total. The lowest BCUT2D eigenvalue weighted by Gasteiger charge is -2.35. The molecular weight excluding hydrogens is 384 g/mol. The summed E-state index contributed by atoms with van der Waals surface area (Å²) in [5.41, 5.74) is 3.43. The van der Waals surface area contributed by atoms with Gasteiger partial charge in [-0.2, -0.15) is 0 Å². The SMILES string of the molecule is CSc1ccccc1CN1CC[C@@]2(COCc3cnc(N4CCCC4=O)nc32)C1. The van der Waals surface area contributed by atoms with Crippen molar-refractivity contribution < 1.29 is 9.53 Å². The molecule has 2 fully saturated rings. The van der Waals surface area contributed by atoms with E-state index in [0.717, 1.165) is 50.3 Å². The monoisotopic (exact) mass is 410 g/mol. The molecule has 3 aliphatic heterocycles. The molecule has 1 aromatic heterocycles. The maximum Gasteiger partial charge on any atom is 0.232 e. The van der Waals surface area contributed by atoms with Gasteiger partial charge in [-0.3, -0.25) is 14.6 Å². The molecule has 1 amide bonds. The average molecular weight is 411 g/mol. The van der Waals surface area contributed by atoms with Crippen LogP contribution in [0.4, 0.5) is 5.95 Å². The standard InChI is InChI=1S/C22H26N4O2S/c1-29-18-6-3-2-5-16(18)12-25-10-8-22(14-25)15-28-13-17-11-23-21(24-20(17)22)26-9-4-7-19(26)27/h2-3,5-6,11H,4,7-10,12-15H2,1H3/t22-/m0/s1. The highest BCUT2D eigenvalue weighted by atomic mass is 32.2. The number of thioether (sulfide) groups is 1. The number of hydrogen-bond acceptors (Lipinski definition) is 6. The third kappa shape index (κ3) is 3.45. The van der Waals surface area contributed by atoms with Gasteiger partial charge < -0.3 is 4.74 Å². The molecule has 0 radical (unpaired) electrons. The van der Waals surface area contributed by atoms with Crippen molar-refractivity contribution in [2.45, 2.75) is 42.7 Å². The van der Waals surface area contributed by atoms with Gasteiger partial charge in [0.2, 0.25) is 11.9 Å². The summed E-state index contributed by atoms with van der Waals surface area (Å²) in [7, 11) is 0. The number of amides is 1. The molecule has 6 nitrogen and oxygen atoms in total. The Bertz CT molecular complexity index is 937. The van der Waals surface area contributed by atoms with Gasteiger partial charge in [0, 0.05) is 42.7 Å². The summed E-state index contributed by atoms with van der Waals surface area (Å²) < 4.78 is 5.97. The molecule has 1 aromatic carbocycles. The van der Waals surface area contributed by atoms with E-state index in [9.17, 15) is 4.79 Å².